The number of hydrogen-bond acceptors (Lipinski definition) is 2. The van der Waals surface area contributed by atoms with Gasteiger partial charge in [-0.15, -0.1) is 0 Å². The van der Waals surface area contributed by atoms with E-state index in [1.165, 1.54) is 25.7 Å². The summed E-state index contributed by atoms with van der Waals surface area (Å²) >= 11 is 12.3. The molecule has 0 amide bonds. The van der Waals surface area contributed by atoms with Gasteiger partial charge >= 0.3 is 0 Å². The standard InChI is InChI=1S/C16H19Cl2NO/c17-12-5-3-6-13(18)11(12)9-16(20)15-8-10-4-1-2-7-14(10)19-15/h3,5-6,10,14-15,19H,1-2,4,7-9H2. The first-order valence-corrected chi connectivity index (χ1v) is 8.12. The van der Waals surface area contributed by atoms with Gasteiger partial charge in [0.2, 0.25) is 0 Å². The summed E-state index contributed by atoms with van der Waals surface area (Å²) in [4.78, 5) is 12.5. The zero-order chi connectivity index (χ0) is 14.1. The Morgan fingerprint density at radius 2 is 1.90 bits per heavy atom. The highest BCUT2D eigenvalue weighted by Crippen LogP contribution is 2.34. The average molecular weight is 312 g/mol. The Kier molecular flexibility index (Phi) is 4.34. The third-order valence-corrected chi connectivity index (χ3v) is 5.37. The lowest BCUT2D eigenvalue weighted by Gasteiger charge is -2.24. The minimum Gasteiger partial charge on any atom is -0.304 e. The summed E-state index contributed by atoms with van der Waals surface area (Å²) in [5, 5.41) is 4.69. The van der Waals surface area contributed by atoms with Crippen molar-refractivity contribution in [1.29, 1.82) is 0 Å². The molecule has 1 aromatic rings. The predicted molar refractivity (Wildman–Crippen MR) is 82.5 cm³/mol. The van der Waals surface area contributed by atoms with Gasteiger partial charge in [0, 0.05) is 22.5 Å². The van der Waals surface area contributed by atoms with Gasteiger partial charge in [-0.2, -0.15) is 0 Å². The minimum atomic E-state index is -0.0181. The van der Waals surface area contributed by atoms with Crippen LogP contribution < -0.4 is 5.32 Å². The first kappa shape index (κ1) is 14.4. The lowest BCUT2D eigenvalue weighted by Crippen LogP contribution is -2.37. The highest BCUT2D eigenvalue weighted by atomic mass is 35.5. The SMILES string of the molecule is O=C(Cc1c(Cl)cccc1Cl)C1CC2CCCCC2N1. The highest BCUT2D eigenvalue weighted by Gasteiger charge is 2.38. The second-order valence-electron chi connectivity index (χ2n) is 5.95. The molecule has 2 nitrogen and oxygen atoms in total. The second kappa shape index (κ2) is 6.05. The summed E-state index contributed by atoms with van der Waals surface area (Å²) in [7, 11) is 0. The van der Waals surface area contributed by atoms with Gasteiger partial charge in [-0.3, -0.25) is 4.79 Å². The van der Waals surface area contributed by atoms with Crippen LogP contribution in [0.25, 0.3) is 0 Å². The van der Waals surface area contributed by atoms with E-state index in [-0.39, 0.29) is 11.8 Å². The molecule has 1 aliphatic heterocycles. The molecule has 0 spiro atoms. The van der Waals surface area contributed by atoms with Gasteiger partial charge in [0.1, 0.15) is 0 Å². The van der Waals surface area contributed by atoms with Gasteiger partial charge in [0.05, 0.1) is 6.04 Å². The third-order valence-electron chi connectivity index (χ3n) is 4.66. The quantitative estimate of drug-likeness (QED) is 0.913. The van der Waals surface area contributed by atoms with E-state index >= 15 is 0 Å². The maximum atomic E-state index is 12.5. The molecule has 3 rings (SSSR count). The smallest absolute Gasteiger partial charge is 0.154 e. The van der Waals surface area contributed by atoms with E-state index in [1.807, 2.05) is 0 Å². The van der Waals surface area contributed by atoms with Crippen molar-refractivity contribution in [3.05, 3.63) is 33.8 Å². The van der Waals surface area contributed by atoms with Crippen molar-refractivity contribution in [2.45, 2.75) is 50.6 Å². The summed E-state index contributed by atoms with van der Waals surface area (Å²) in [5.74, 6) is 0.897. The maximum Gasteiger partial charge on any atom is 0.154 e. The Balaban J connectivity index is 1.68. The van der Waals surface area contributed by atoms with E-state index in [0.717, 1.165) is 12.0 Å². The largest absolute Gasteiger partial charge is 0.304 e. The summed E-state index contributed by atoms with van der Waals surface area (Å²) in [5.41, 5.74) is 0.762. The average Bonchev–Trinajstić information content (AvgIpc) is 2.87. The molecule has 3 unspecified atom stereocenters. The number of ketones is 1. The Morgan fingerprint density at radius 1 is 1.20 bits per heavy atom. The van der Waals surface area contributed by atoms with Crippen LogP contribution in [0, 0.1) is 5.92 Å². The van der Waals surface area contributed by atoms with Gasteiger partial charge in [-0.25, -0.2) is 0 Å². The molecule has 2 aliphatic rings. The molecule has 108 valence electrons. The van der Waals surface area contributed by atoms with Gasteiger partial charge in [0.15, 0.2) is 5.78 Å². The molecule has 4 heteroatoms. The summed E-state index contributed by atoms with van der Waals surface area (Å²) in [6.45, 7) is 0. The Bertz CT molecular complexity index is 483. The Hall–Kier alpha value is -0.570. The van der Waals surface area contributed by atoms with Crippen LogP contribution in [0.15, 0.2) is 18.2 Å². The van der Waals surface area contributed by atoms with Crippen LogP contribution in [0.3, 0.4) is 0 Å². The monoisotopic (exact) mass is 311 g/mol. The van der Waals surface area contributed by atoms with Crippen LogP contribution in [0.1, 0.15) is 37.7 Å². The summed E-state index contributed by atoms with van der Waals surface area (Å²) < 4.78 is 0. The molecule has 0 aromatic heterocycles. The number of carbonyl (C=O) groups is 1. The van der Waals surface area contributed by atoms with Crippen molar-refractivity contribution in [2.75, 3.05) is 0 Å². The van der Waals surface area contributed by atoms with Crippen LogP contribution in [-0.4, -0.2) is 17.9 Å². The lowest BCUT2D eigenvalue weighted by molar-refractivity contribution is -0.120. The number of fused-ring (bicyclic) bond motifs is 1. The summed E-state index contributed by atoms with van der Waals surface area (Å²) in [6, 6.07) is 5.91. The molecule has 1 aliphatic carbocycles. The molecule has 2 fully saturated rings. The molecule has 1 saturated heterocycles. The Morgan fingerprint density at radius 3 is 2.60 bits per heavy atom. The molecular weight excluding hydrogens is 293 g/mol. The van der Waals surface area contributed by atoms with Gasteiger partial charge in [-0.05, 0) is 42.9 Å². The predicted octanol–water partition coefficient (Wildman–Crippen LogP) is 4.03. The van der Waals surface area contributed by atoms with E-state index < -0.39 is 0 Å². The molecule has 3 atom stereocenters. The molecule has 1 aromatic carbocycles. The first-order chi connectivity index (χ1) is 9.65. The van der Waals surface area contributed by atoms with Gasteiger partial charge in [-0.1, -0.05) is 42.1 Å². The molecule has 20 heavy (non-hydrogen) atoms. The molecule has 1 saturated carbocycles. The van der Waals surface area contributed by atoms with E-state index in [1.54, 1.807) is 18.2 Å². The van der Waals surface area contributed by atoms with Crippen molar-refractivity contribution in [2.24, 2.45) is 5.92 Å². The number of benzene rings is 1. The number of carbonyl (C=O) groups excluding carboxylic acids is 1. The number of rotatable bonds is 3. The molecule has 0 bridgehead atoms. The fourth-order valence-corrected chi connectivity index (χ4v) is 4.09. The first-order valence-electron chi connectivity index (χ1n) is 7.37. The zero-order valence-electron chi connectivity index (χ0n) is 11.4. The van der Waals surface area contributed by atoms with Gasteiger partial charge in [0.25, 0.3) is 0 Å². The van der Waals surface area contributed by atoms with Crippen LogP contribution in [0.5, 0.6) is 0 Å². The lowest BCUT2D eigenvalue weighted by atomic mass is 9.84. The van der Waals surface area contributed by atoms with Gasteiger partial charge < -0.3 is 5.32 Å². The van der Waals surface area contributed by atoms with Crippen molar-refractivity contribution >= 4 is 29.0 Å². The number of Topliss-reactive ketones (excluding diaryl/α,β-unsaturated/α-hetero) is 1. The maximum absolute atomic E-state index is 12.5. The number of halogens is 2. The number of nitrogens with one attached hydrogen (secondary N) is 1. The zero-order valence-corrected chi connectivity index (χ0v) is 12.9. The van der Waals surface area contributed by atoms with E-state index in [9.17, 15) is 4.79 Å². The molecule has 1 N–H and O–H groups in total. The van der Waals surface area contributed by atoms with Crippen molar-refractivity contribution in [3.8, 4) is 0 Å². The van der Waals surface area contributed by atoms with Crippen LogP contribution in [0.2, 0.25) is 10.0 Å². The second-order valence-corrected chi connectivity index (χ2v) is 6.76. The van der Waals surface area contributed by atoms with E-state index in [0.29, 0.717) is 28.4 Å². The molecule has 1 heterocycles. The molecular formula is C16H19Cl2NO. The van der Waals surface area contributed by atoms with Crippen LogP contribution >= 0.6 is 23.2 Å². The minimum absolute atomic E-state index is 0.0181. The normalized spacial score (nSPS) is 29.2. The Labute approximate surface area is 129 Å². The van der Waals surface area contributed by atoms with Crippen molar-refractivity contribution < 1.29 is 4.79 Å². The molecule has 0 radical (unpaired) electrons. The topological polar surface area (TPSA) is 29.1 Å². The fraction of sp³-hybridized carbons (Fsp3) is 0.562. The number of hydrogen-bond donors (Lipinski definition) is 1. The third kappa shape index (κ3) is 2.88. The van der Waals surface area contributed by atoms with Crippen molar-refractivity contribution in [1.82, 2.24) is 5.32 Å². The fourth-order valence-electron chi connectivity index (χ4n) is 3.56. The van der Waals surface area contributed by atoms with Crippen LogP contribution in [-0.2, 0) is 11.2 Å². The van der Waals surface area contributed by atoms with E-state index in [4.69, 9.17) is 23.2 Å². The van der Waals surface area contributed by atoms with E-state index in [2.05, 4.69) is 5.32 Å². The van der Waals surface area contributed by atoms with Crippen molar-refractivity contribution in [3.63, 3.8) is 0 Å². The summed E-state index contributed by atoms with van der Waals surface area (Å²) in [6.07, 6.45) is 6.36. The highest BCUT2D eigenvalue weighted by molar-refractivity contribution is 6.36. The van der Waals surface area contributed by atoms with Crippen LogP contribution in [0.4, 0.5) is 0 Å².